The maximum absolute atomic E-state index is 13.1. The largest absolute Gasteiger partial charge is 0.497 e. The third-order valence-electron chi connectivity index (χ3n) is 5.45. The van der Waals surface area contributed by atoms with E-state index in [1.165, 1.54) is 55.3 Å². The second-order valence-electron chi connectivity index (χ2n) is 7.42. The van der Waals surface area contributed by atoms with Gasteiger partial charge in [0, 0.05) is 17.2 Å². The van der Waals surface area contributed by atoms with Gasteiger partial charge in [0.15, 0.2) is 16.8 Å². The molecule has 0 spiro atoms. The zero-order chi connectivity index (χ0) is 20.9. The zero-order valence-corrected chi connectivity index (χ0v) is 17.7. The van der Waals surface area contributed by atoms with Crippen LogP contribution in [0.4, 0.5) is 4.39 Å². The van der Waals surface area contributed by atoms with Crippen molar-refractivity contribution in [3.63, 3.8) is 0 Å². The van der Waals surface area contributed by atoms with Crippen molar-refractivity contribution in [1.29, 1.82) is 0 Å². The fraction of sp³-hybridized carbons (Fsp3) is 0.348. The number of benzene rings is 2. The van der Waals surface area contributed by atoms with E-state index >= 15 is 0 Å². The molecule has 0 aliphatic heterocycles. The molecule has 1 heterocycles. The maximum Gasteiger partial charge on any atom is 0.192 e. The molecular weight excluding hydrogens is 401 g/mol. The molecule has 4 rings (SSSR count). The number of aromatic nitrogens is 3. The molecule has 1 fully saturated rings. The van der Waals surface area contributed by atoms with Crippen molar-refractivity contribution in [3.05, 3.63) is 59.9 Å². The molecular formula is C23H24FN3O2S. The summed E-state index contributed by atoms with van der Waals surface area (Å²) in [7, 11) is 1.65. The van der Waals surface area contributed by atoms with Crippen LogP contribution in [0.15, 0.2) is 53.7 Å². The Balaban J connectivity index is 1.59. The molecule has 5 nitrogen and oxygen atoms in total. The second-order valence-corrected chi connectivity index (χ2v) is 8.36. The minimum Gasteiger partial charge on any atom is -0.497 e. The summed E-state index contributed by atoms with van der Waals surface area (Å²) in [6.07, 6.45) is 5.79. The summed E-state index contributed by atoms with van der Waals surface area (Å²) in [4.78, 5) is 12.5. The number of halogens is 1. The highest BCUT2D eigenvalue weighted by molar-refractivity contribution is 7.99. The van der Waals surface area contributed by atoms with E-state index in [9.17, 15) is 9.18 Å². The van der Waals surface area contributed by atoms with Gasteiger partial charge in [-0.25, -0.2) is 4.39 Å². The van der Waals surface area contributed by atoms with Crippen molar-refractivity contribution < 1.29 is 13.9 Å². The minimum atomic E-state index is -0.347. The van der Waals surface area contributed by atoms with Gasteiger partial charge in [0.2, 0.25) is 0 Å². The van der Waals surface area contributed by atoms with Crippen LogP contribution in [0.1, 0.15) is 48.5 Å². The van der Waals surface area contributed by atoms with Crippen LogP contribution in [-0.2, 0) is 0 Å². The Morgan fingerprint density at radius 2 is 1.77 bits per heavy atom. The number of carbonyl (C=O) groups excluding carboxylic acids is 1. The smallest absolute Gasteiger partial charge is 0.192 e. The van der Waals surface area contributed by atoms with E-state index in [1.54, 1.807) is 7.11 Å². The maximum atomic E-state index is 13.1. The lowest BCUT2D eigenvalue weighted by atomic mass is 9.95. The van der Waals surface area contributed by atoms with Crippen LogP contribution in [0.2, 0.25) is 0 Å². The van der Waals surface area contributed by atoms with E-state index in [0.717, 1.165) is 35.1 Å². The zero-order valence-electron chi connectivity index (χ0n) is 16.9. The van der Waals surface area contributed by atoms with Gasteiger partial charge in [-0.1, -0.05) is 31.0 Å². The Labute approximate surface area is 179 Å². The molecule has 0 atom stereocenters. The molecule has 3 aromatic rings. The number of ether oxygens (including phenoxy) is 1. The van der Waals surface area contributed by atoms with E-state index in [1.807, 2.05) is 24.3 Å². The van der Waals surface area contributed by atoms with Crippen LogP contribution in [0.25, 0.3) is 11.4 Å². The lowest BCUT2D eigenvalue weighted by molar-refractivity contribution is 0.102. The third kappa shape index (κ3) is 4.56. The van der Waals surface area contributed by atoms with Gasteiger partial charge in [0.05, 0.1) is 12.9 Å². The predicted octanol–water partition coefficient (Wildman–Crippen LogP) is 5.57. The lowest BCUT2D eigenvalue weighted by Crippen LogP contribution is -2.15. The molecule has 1 aromatic heterocycles. The highest BCUT2D eigenvalue weighted by Gasteiger charge is 2.24. The van der Waals surface area contributed by atoms with Crippen LogP contribution >= 0.6 is 11.8 Å². The topological polar surface area (TPSA) is 57.0 Å². The molecule has 2 aromatic carbocycles. The van der Waals surface area contributed by atoms with E-state index in [2.05, 4.69) is 14.8 Å². The number of thioether (sulfide) groups is 1. The normalized spacial score (nSPS) is 14.6. The van der Waals surface area contributed by atoms with Gasteiger partial charge in [-0.3, -0.25) is 9.36 Å². The summed E-state index contributed by atoms with van der Waals surface area (Å²) in [6, 6.07) is 13.8. The van der Waals surface area contributed by atoms with E-state index in [0.29, 0.717) is 11.6 Å². The Hall–Kier alpha value is -2.67. The highest BCUT2D eigenvalue weighted by atomic mass is 32.2. The van der Waals surface area contributed by atoms with Gasteiger partial charge in [-0.05, 0) is 61.4 Å². The Morgan fingerprint density at radius 1 is 1.07 bits per heavy atom. The number of hydrogen-bond acceptors (Lipinski definition) is 5. The van der Waals surface area contributed by atoms with E-state index < -0.39 is 0 Å². The molecule has 0 bridgehead atoms. The van der Waals surface area contributed by atoms with Crippen molar-refractivity contribution in [2.45, 2.75) is 43.3 Å². The standard InChI is InChI=1S/C23H24FN3O2S/c1-29-20-13-9-17(10-14-20)22-25-26-23(27(22)19-5-3-2-4-6-19)30-15-21(28)16-7-11-18(24)12-8-16/h7-14,19H,2-6,15H2,1H3. The van der Waals surface area contributed by atoms with Crippen LogP contribution in [0, 0.1) is 5.82 Å². The summed E-state index contributed by atoms with van der Waals surface area (Å²) in [5.41, 5.74) is 1.48. The summed E-state index contributed by atoms with van der Waals surface area (Å²) in [5.74, 6) is 1.45. The number of carbonyl (C=O) groups is 1. The molecule has 0 amide bonds. The fourth-order valence-corrected chi connectivity index (χ4v) is 4.73. The quantitative estimate of drug-likeness (QED) is 0.366. The molecule has 156 valence electrons. The van der Waals surface area contributed by atoms with Crippen LogP contribution in [0.3, 0.4) is 0 Å². The highest BCUT2D eigenvalue weighted by Crippen LogP contribution is 2.36. The van der Waals surface area contributed by atoms with Crippen LogP contribution in [-0.4, -0.2) is 33.4 Å². The Bertz CT molecular complexity index is 996. The monoisotopic (exact) mass is 425 g/mol. The second kappa shape index (κ2) is 9.43. The molecule has 1 aliphatic carbocycles. The number of methoxy groups -OCH3 is 1. The Kier molecular flexibility index (Phi) is 6.47. The number of nitrogens with zero attached hydrogens (tertiary/aromatic N) is 3. The first-order valence-corrected chi connectivity index (χ1v) is 11.1. The summed E-state index contributed by atoms with van der Waals surface area (Å²) >= 11 is 1.39. The molecule has 1 aliphatic rings. The van der Waals surface area contributed by atoms with Crippen molar-refractivity contribution >= 4 is 17.5 Å². The first kappa shape index (κ1) is 20.6. The molecule has 7 heteroatoms. The van der Waals surface area contributed by atoms with E-state index in [4.69, 9.17) is 4.74 Å². The average Bonchev–Trinajstić information content (AvgIpc) is 3.22. The Morgan fingerprint density at radius 3 is 2.43 bits per heavy atom. The predicted molar refractivity (Wildman–Crippen MR) is 116 cm³/mol. The van der Waals surface area contributed by atoms with Crippen molar-refractivity contribution in [3.8, 4) is 17.1 Å². The summed E-state index contributed by atoms with van der Waals surface area (Å²) in [6.45, 7) is 0. The van der Waals surface area contributed by atoms with Gasteiger partial charge in [0.25, 0.3) is 0 Å². The molecule has 0 N–H and O–H groups in total. The first-order chi connectivity index (χ1) is 14.7. The van der Waals surface area contributed by atoms with Gasteiger partial charge >= 0.3 is 0 Å². The molecule has 1 saturated carbocycles. The molecule has 30 heavy (non-hydrogen) atoms. The minimum absolute atomic E-state index is 0.0517. The first-order valence-electron chi connectivity index (χ1n) is 10.2. The number of rotatable bonds is 7. The molecule has 0 unspecified atom stereocenters. The lowest BCUT2D eigenvalue weighted by Gasteiger charge is -2.25. The average molecular weight is 426 g/mol. The number of Topliss-reactive ketones (excluding diaryl/α,β-unsaturated/α-hetero) is 1. The van der Waals surface area contributed by atoms with Gasteiger partial charge in [0.1, 0.15) is 11.6 Å². The fourth-order valence-electron chi connectivity index (χ4n) is 3.83. The van der Waals surface area contributed by atoms with Crippen LogP contribution < -0.4 is 4.74 Å². The van der Waals surface area contributed by atoms with E-state index in [-0.39, 0.29) is 17.4 Å². The SMILES string of the molecule is COc1ccc(-c2nnc(SCC(=O)c3ccc(F)cc3)n2C2CCCCC2)cc1. The molecule has 0 saturated heterocycles. The summed E-state index contributed by atoms with van der Waals surface area (Å²) < 4.78 is 20.6. The van der Waals surface area contributed by atoms with Crippen molar-refractivity contribution in [1.82, 2.24) is 14.8 Å². The van der Waals surface area contributed by atoms with Crippen LogP contribution in [0.5, 0.6) is 5.75 Å². The van der Waals surface area contributed by atoms with Crippen molar-refractivity contribution in [2.24, 2.45) is 0 Å². The van der Waals surface area contributed by atoms with Gasteiger partial charge in [-0.2, -0.15) is 0 Å². The number of ketones is 1. The summed E-state index contributed by atoms with van der Waals surface area (Å²) in [5, 5.41) is 9.65. The number of hydrogen-bond donors (Lipinski definition) is 0. The van der Waals surface area contributed by atoms with Crippen molar-refractivity contribution in [2.75, 3.05) is 12.9 Å². The van der Waals surface area contributed by atoms with Gasteiger partial charge < -0.3 is 4.74 Å². The molecule has 0 radical (unpaired) electrons. The van der Waals surface area contributed by atoms with Gasteiger partial charge in [-0.15, -0.1) is 10.2 Å². The third-order valence-corrected chi connectivity index (χ3v) is 6.39.